The number of benzene rings is 2. The van der Waals surface area contributed by atoms with E-state index in [0.717, 1.165) is 42.8 Å². The van der Waals surface area contributed by atoms with Gasteiger partial charge in [-0.05, 0) is 61.3 Å². The van der Waals surface area contributed by atoms with Gasteiger partial charge < -0.3 is 14.7 Å². The number of hydrogen-bond acceptors (Lipinski definition) is 3. The first kappa shape index (κ1) is 23.0. The first-order chi connectivity index (χ1) is 13.9. The third-order valence-electron chi connectivity index (χ3n) is 5.95. The molecule has 4 nitrogen and oxygen atoms in total. The summed E-state index contributed by atoms with van der Waals surface area (Å²) in [7, 11) is 0. The van der Waals surface area contributed by atoms with E-state index in [9.17, 15) is 4.79 Å². The van der Waals surface area contributed by atoms with Crippen molar-refractivity contribution in [2.24, 2.45) is 0 Å². The van der Waals surface area contributed by atoms with Crippen LogP contribution in [0.15, 0.2) is 36.4 Å². The number of rotatable bonds is 5. The molecule has 1 N–H and O–H groups in total. The Morgan fingerprint density at radius 3 is 2.63 bits per heavy atom. The standard InChI is InChI=1S/C23H23Cl2NO3.ClH/c24-18-4-6-20(25)17(14-18)3-1-16-2-5-19-21(13-16)29-15-23(19)8-11-26(12-9-23)10-7-22(27)28;/h1-6,13-14H,7-12,15H2,(H,27,28);1H/b3-1+;. The summed E-state index contributed by atoms with van der Waals surface area (Å²) in [5.74, 6) is 0.211. The van der Waals surface area contributed by atoms with E-state index in [2.05, 4.69) is 23.1 Å². The van der Waals surface area contributed by atoms with E-state index in [1.807, 2.05) is 18.2 Å². The molecule has 4 rings (SSSR count). The number of aliphatic carboxylic acids is 1. The van der Waals surface area contributed by atoms with Crippen molar-refractivity contribution in [1.82, 2.24) is 4.90 Å². The van der Waals surface area contributed by atoms with Gasteiger partial charge in [-0.3, -0.25) is 4.79 Å². The molecule has 2 aromatic carbocycles. The molecular weight excluding hydrogens is 445 g/mol. The summed E-state index contributed by atoms with van der Waals surface area (Å²) in [5, 5.41) is 10.2. The summed E-state index contributed by atoms with van der Waals surface area (Å²) >= 11 is 12.3. The van der Waals surface area contributed by atoms with Crippen molar-refractivity contribution in [2.45, 2.75) is 24.7 Å². The third-order valence-corrected chi connectivity index (χ3v) is 6.53. The molecule has 2 aromatic rings. The molecule has 0 aromatic heterocycles. The quantitative estimate of drug-likeness (QED) is 0.565. The molecule has 0 amide bonds. The van der Waals surface area contributed by atoms with Crippen molar-refractivity contribution in [3.05, 3.63) is 63.1 Å². The first-order valence-electron chi connectivity index (χ1n) is 9.80. The number of halogens is 3. The van der Waals surface area contributed by atoms with Crippen LogP contribution in [0.2, 0.25) is 10.0 Å². The maximum absolute atomic E-state index is 10.8. The number of likely N-dealkylation sites (tertiary alicyclic amines) is 1. The maximum atomic E-state index is 10.8. The lowest BCUT2D eigenvalue weighted by Gasteiger charge is -2.38. The van der Waals surface area contributed by atoms with Gasteiger partial charge in [0.25, 0.3) is 0 Å². The summed E-state index contributed by atoms with van der Waals surface area (Å²) in [6.45, 7) is 3.13. The molecule has 0 aliphatic carbocycles. The molecule has 30 heavy (non-hydrogen) atoms. The van der Waals surface area contributed by atoms with E-state index in [4.69, 9.17) is 33.0 Å². The fourth-order valence-electron chi connectivity index (χ4n) is 4.19. The number of carboxylic acids is 1. The minimum atomic E-state index is -0.737. The Hall–Kier alpha value is -1.72. The highest BCUT2D eigenvalue weighted by Gasteiger charge is 2.42. The summed E-state index contributed by atoms with van der Waals surface area (Å²) < 4.78 is 6.07. The van der Waals surface area contributed by atoms with Gasteiger partial charge in [-0.1, -0.05) is 47.5 Å². The lowest BCUT2D eigenvalue weighted by Crippen LogP contribution is -2.44. The number of piperidine rings is 1. The van der Waals surface area contributed by atoms with Gasteiger partial charge in [0.1, 0.15) is 5.75 Å². The van der Waals surface area contributed by atoms with Crippen LogP contribution in [0.4, 0.5) is 0 Å². The van der Waals surface area contributed by atoms with E-state index in [-0.39, 0.29) is 24.2 Å². The highest BCUT2D eigenvalue weighted by molar-refractivity contribution is 6.34. The Kier molecular flexibility index (Phi) is 7.35. The van der Waals surface area contributed by atoms with Gasteiger partial charge in [-0.25, -0.2) is 0 Å². The molecule has 0 saturated carbocycles. The van der Waals surface area contributed by atoms with Gasteiger partial charge in [0.15, 0.2) is 0 Å². The second kappa shape index (κ2) is 9.61. The Morgan fingerprint density at radius 1 is 1.13 bits per heavy atom. The zero-order valence-electron chi connectivity index (χ0n) is 16.4. The highest BCUT2D eigenvalue weighted by atomic mass is 35.5. The van der Waals surface area contributed by atoms with Gasteiger partial charge in [0.2, 0.25) is 0 Å². The van der Waals surface area contributed by atoms with Crippen LogP contribution in [-0.4, -0.2) is 42.2 Å². The van der Waals surface area contributed by atoms with Crippen LogP contribution in [0.25, 0.3) is 12.2 Å². The topological polar surface area (TPSA) is 49.8 Å². The fourth-order valence-corrected chi connectivity index (χ4v) is 4.56. The Balaban J connectivity index is 0.00000256. The zero-order valence-corrected chi connectivity index (χ0v) is 18.8. The largest absolute Gasteiger partial charge is 0.492 e. The van der Waals surface area contributed by atoms with Crippen LogP contribution in [0, 0.1) is 0 Å². The number of nitrogens with zero attached hydrogens (tertiary/aromatic N) is 1. The number of carbonyl (C=O) groups is 1. The molecule has 0 unspecified atom stereocenters. The summed E-state index contributed by atoms with van der Waals surface area (Å²) in [5.41, 5.74) is 3.25. The minimum Gasteiger partial charge on any atom is -0.492 e. The van der Waals surface area contributed by atoms with E-state index < -0.39 is 5.97 Å². The van der Waals surface area contributed by atoms with Crippen LogP contribution in [0.3, 0.4) is 0 Å². The first-order valence-corrected chi connectivity index (χ1v) is 10.6. The lowest BCUT2D eigenvalue weighted by molar-refractivity contribution is -0.137. The molecule has 160 valence electrons. The monoisotopic (exact) mass is 467 g/mol. The second-order valence-electron chi connectivity index (χ2n) is 7.81. The number of ether oxygens (including phenoxy) is 1. The van der Waals surface area contributed by atoms with Crippen LogP contribution >= 0.6 is 35.6 Å². The fraction of sp³-hybridized carbons (Fsp3) is 0.348. The molecular formula is C23H24Cl3NO3. The Morgan fingerprint density at radius 2 is 1.90 bits per heavy atom. The van der Waals surface area contributed by atoms with Crippen LogP contribution in [0.5, 0.6) is 5.75 Å². The molecule has 0 atom stereocenters. The van der Waals surface area contributed by atoms with Crippen molar-refractivity contribution in [1.29, 1.82) is 0 Å². The van der Waals surface area contributed by atoms with E-state index in [1.54, 1.807) is 12.1 Å². The van der Waals surface area contributed by atoms with E-state index in [0.29, 0.717) is 23.2 Å². The molecule has 2 heterocycles. The Bertz CT molecular complexity index is 953. The number of fused-ring (bicyclic) bond motifs is 2. The minimum absolute atomic E-state index is 0. The molecule has 1 spiro atoms. The van der Waals surface area contributed by atoms with Gasteiger partial charge in [0, 0.05) is 27.6 Å². The van der Waals surface area contributed by atoms with Crippen LogP contribution in [-0.2, 0) is 10.2 Å². The smallest absolute Gasteiger partial charge is 0.304 e. The van der Waals surface area contributed by atoms with E-state index in [1.165, 1.54) is 5.56 Å². The average Bonchev–Trinajstić information content (AvgIpc) is 3.06. The van der Waals surface area contributed by atoms with Crippen LogP contribution in [0.1, 0.15) is 36.0 Å². The molecule has 1 fully saturated rings. The Labute approximate surface area is 192 Å². The predicted octanol–water partition coefficient (Wildman–Crippen LogP) is 5.79. The highest BCUT2D eigenvalue weighted by Crippen LogP contribution is 2.46. The summed E-state index contributed by atoms with van der Waals surface area (Å²) in [4.78, 5) is 13.0. The van der Waals surface area contributed by atoms with Crippen molar-refractivity contribution >= 4 is 53.7 Å². The van der Waals surface area contributed by atoms with Gasteiger partial charge in [0.05, 0.1) is 13.0 Å². The zero-order chi connectivity index (χ0) is 20.4. The van der Waals surface area contributed by atoms with Crippen molar-refractivity contribution in [2.75, 3.05) is 26.2 Å². The van der Waals surface area contributed by atoms with Crippen molar-refractivity contribution in [3.63, 3.8) is 0 Å². The second-order valence-corrected chi connectivity index (χ2v) is 8.65. The molecule has 2 aliphatic rings. The maximum Gasteiger partial charge on any atom is 0.304 e. The molecule has 0 bridgehead atoms. The molecule has 2 aliphatic heterocycles. The van der Waals surface area contributed by atoms with Gasteiger partial charge >= 0.3 is 5.97 Å². The average molecular weight is 469 g/mol. The number of carboxylic acid groups (broad SMARTS) is 1. The molecule has 7 heteroatoms. The lowest BCUT2D eigenvalue weighted by atomic mass is 9.74. The van der Waals surface area contributed by atoms with Crippen molar-refractivity contribution in [3.8, 4) is 5.75 Å². The summed E-state index contributed by atoms with van der Waals surface area (Å²) in [6.07, 6.45) is 6.16. The SMILES string of the molecule is Cl.O=C(O)CCN1CCC2(CC1)COc1cc(/C=C/c3cc(Cl)ccc3Cl)ccc12. The van der Waals surface area contributed by atoms with E-state index >= 15 is 0 Å². The summed E-state index contributed by atoms with van der Waals surface area (Å²) in [6, 6.07) is 11.8. The number of hydrogen-bond donors (Lipinski definition) is 1. The van der Waals surface area contributed by atoms with Gasteiger partial charge in [-0.2, -0.15) is 0 Å². The predicted molar refractivity (Wildman–Crippen MR) is 124 cm³/mol. The van der Waals surface area contributed by atoms with Crippen molar-refractivity contribution < 1.29 is 14.6 Å². The normalized spacial score (nSPS) is 17.5. The molecule has 0 radical (unpaired) electrons. The third kappa shape index (κ3) is 4.94. The molecule has 1 saturated heterocycles. The van der Waals surface area contributed by atoms with Crippen LogP contribution < -0.4 is 4.74 Å². The van der Waals surface area contributed by atoms with Gasteiger partial charge in [-0.15, -0.1) is 12.4 Å².